The highest BCUT2D eigenvalue weighted by molar-refractivity contribution is 6.62. The lowest BCUT2D eigenvalue weighted by Crippen LogP contribution is -2.41. The first-order valence-electron chi connectivity index (χ1n) is 20.5. The van der Waals surface area contributed by atoms with Gasteiger partial charge in [-0.25, -0.2) is 8.78 Å². The number of ether oxygens (including phenoxy) is 6. The summed E-state index contributed by atoms with van der Waals surface area (Å²) in [6.45, 7) is 8.88. The first kappa shape index (κ1) is 44.6. The van der Waals surface area contributed by atoms with Gasteiger partial charge in [-0.05, 0) is 94.7 Å². The van der Waals surface area contributed by atoms with Crippen molar-refractivity contribution < 1.29 is 71.7 Å². The van der Waals surface area contributed by atoms with E-state index in [9.17, 15) is 19.1 Å². The minimum Gasteiger partial charge on any atom is -0.508 e. The molecular weight excluding hydrogens is 809 g/mol. The normalized spacial score (nSPS) is 21.7. The van der Waals surface area contributed by atoms with Gasteiger partial charge in [0.25, 0.3) is 0 Å². The predicted molar refractivity (Wildman–Crippen MR) is 221 cm³/mol. The van der Waals surface area contributed by atoms with Crippen LogP contribution in [0.5, 0.6) is 28.7 Å². The van der Waals surface area contributed by atoms with Gasteiger partial charge in [-0.2, -0.15) is 0 Å². The third-order valence-electron chi connectivity index (χ3n) is 12.7. The average molecular weight is 861 g/mol. The second kappa shape index (κ2) is 18.1. The number of phenols is 1. The third kappa shape index (κ3) is 8.78. The Morgan fingerprint density at radius 2 is 1.15 bits per heavy atom. The summed E-state index contributed by atoms with van der Waals surface area (Å²) >= 11 is 0. The Morgan fingerprint density at radius 3 is 1.63 bits per heavy atom. The quantitative estimate of drug-likeness (QED) is 0.0644. The first-order chi connectivity index (χ1) is 29.7. The zero-order valence-electron chi connectivity index (χ0n) is 35.5. The minimum atomic E-state index is -0.543. The van der Waals surface area contributed by atoms with Crippen molar-refractivity contribution in [2.24, 2.45) is 0 Å². The Kier molecular flexibility index (Phi) is 13.0. The number of aromatic hydroxyl groups is 1. The molecule has 3 aliphatic heterocycles. The molecule has 13 nitrogen and oxygen atoms in total. The molecular formula is C46H51BF2O13. The van der Waals surface area contributed by atoms with E-state index in [1.807, 2.05) is 52.0 Å². The molecule has 4 aromatic rings. The number of fused-ring (bicyclic) bond motifs is 4. The van der Waals surface area contributed by atoms with Crippen LogP contribution < -0.4 is 24.4 Å². The zero-order chi connectivity index (χ0) is 44.5. The predicted octanol–water partition coefficient (Wildman–Crippen LogP) is 7.88. The van der Waals surface area contributed by atoms with Crippen molar-refractivity contribution in [3.63, 3.8) is 0 Å². The van der Waals surface area contributed by atoms with Crippen molar-refractivity contribution in [3.8, 4) is 28.7 Å². The molecule has 330 valence electrons. The van der Waals surface area contributed by atoms with Gasteiger partial charge in [-0.1, -0.05) is 18.2 Å². The lowest BCUT2D eigenvalue weighted by Gasteiger charge is -2.32. The molecule has 4 atom stereocenters. The van der Waals surface area contributed by atoms with E-state index in [2.05, 4.69) is 0 Å². The lowest BCUT2D eigenvalue weighted by molar-refractivity contribution is -0.176. The zero-order valence-corrected chi connectivity index (χ0v) is 35.5. The van der Waals surface area contributed by atoms with E-state index in [1.165, 1.54) is 32.4 Å². The Bertz CT molecular complexity index is 2300. The van der Waals surface area contributed by atoms with Crippen LogP contribution in [0.3, 0.4) is 0 Å². The summed E-state index contributed by atoms with van der Waals surface area (Å²) < 4.78 is 74.8. The Labute approximate surface area is 358 Å². The fourth-order valence-corrected chi connectivity index (χ4v) is 8.68. The highest BCUT2D eigenvalue weighted by Gasteiger charge is 2.53. The van der Waals surface area contributed by atoms with Gasteiger partial charge in [0.1, 0.15) is 52.6 Å². The van der Waals surface area contributed by atoms with Crippen LogP contribution in [-0.4, -0.2) is 73.3 Å². The fourth-order valence-electron chi connectivity index (χ4n) is 8.68. The van der Waals surface area contributed by atoms with Crippen LogP contribution in [0.2, 0.25) is 0 Å². The van der Waals surface area contributed by atoms with Crippen LogP contribution in [0, 0.1) is 11.6 Å². The summed E-state index contributed by atoms with van der Waals surface area (Å²) in [5, 5.41) is 21.9. The molecule has 3 N–H and O–H groups in total. The van der Waals surface area contributed by atoms with Crippen LogP contribution in [0.1, 0.15) is 111 Å². The number of rotatable bonds is 9. The van der Waals surface area contributed by atoms with Crippen LogP contribution in [0.4, 0.5) is 8.78 Å². The van der Waals surface area contributed by atoms with Crippen molar-refractivity contribution in [1.29, 1.82) is 0 Å². The number of hydrogen-bond donors (Lipinski definition) is 3. The van der Waals surface area contributed by atoms with Crippen LogP contribution in [-0.2, 0) is 41.2 Å². The minimum absolute atomic E-state index is 0.0342. The largest absolute Gasteiger partial charge is 0.508 e. The maximum absolute atomic E-state index is 15.0. The van der Waals surface area contributed by atoms with Gasteiger partial charge in [-0.15, -0.1) is 0 Å². The van der Waals surface area contributed by atoms with Gasteiger partial charge in [0.2, 0.25) is 0 Å². The van der Waals surface area contributed by atoms with Gasteiger partial charge in [-0.3, -0.25) is 20.1 Å². The summed E-state index contributed by atoms with van der Waals surface area (Å²) in [6.07, 6.45) is 2.20. The molecule has 16 heteroatoms. The van der Waals surface area contributed by atoms with Crippen molar-refractivity contribution >= 4 is 24.5 Å². The standard InChI is InChI=1S/C26H30BFO6.C20H19FO5.H2O2/c1-25(2)26(3,4)34-27(33-25)19-9-10-20(28)24-18(19)8-11-21(24)32-16-6-7-17-15(12-23(29)30-5)14-31-22(17)13-16;1-24-19(23)8-11-10-25-18-9-12(2-3-13(11)18)26-17-7-4-14-16(22)6-5-15(21)20(14)17;1-2/h6-7,9-10,13,15,21H,8,11-12,14H2,1-5H3;2-3,5-6,9,11,17,22H,4,7-8,10H2,1H3;1-2H/t15?,21-;11?,17-;/m11./s1. The summed E-state index contributed by atoms with van der Waals surface area (Å²) in [4.78, 5) is 23.2. The molecule has 4 aromatic carbocycles. The summed E-state index contributed by atoms with van der Waals surface area (Å²) in [7, 11) is 2.21. The van der Waals surface area contributed by atoms with E-state index in [4.69, 9.17) is 48.2 Å². The van der Waals surface area contributed by atoms with Gasteiger partial charge < -0.3 is 42.8 Å². The number of benzene rings is 4. The molecule has 3 heterocycles. The summed E-state index contributed by atoms with van der Waals surface area (Å²) in [5.74, 6) is 1.39. The van der Waals surface area contributed by atoms with Crippen LogP contribution in [0.15, 0.2) is 60.7 Å². The highest BCUT2D eigenvalue weighted by atomic mass is 19.1. The molecule has 0 saturated carbocycles. The van der Waals surface area contributed by atoms with Gasteiger partial charge in [0.15, 0.2) is 0 Å². The lowest BCUT2D eigenvalue weighted by atomic mass is 9.75. The highest BCUT2D eigenvalue weighted by Crippen LogP contribution is 2.45. The maximum Gasteiger partial charge on any atom is 0.495 e. The second-order valence-electron chi connectivity index (χ2n) is 16.8. The molecule has 2 aliphatic carbocycles. The molecule has 62 heavy (non-hydrogen) atoms. The molecule has 0 bridgehead atoms. The van der Waals surface area contributed by atoms with Crippen molar-refractivity contribution in [3.05, 3.63) is 106 Å². The molecule has 0 spiro atoms. The fraction of sp³-hybridized carbons (Fsp3) is 0.435. The summed E-state index contributed by atoms with van der Waals surface area (Å²) in [5.41, 5.74) is 4.34. The van der Waals surface area contributed by atoms with E-state index in [0.29, 0.717) is 78.6 Å². The number of methoxy groups -OCH3 is 2. The smallest absolute Gasteiger partial charge is 0.495 e. The topological polar surface area (TPSA) is 169 Å². The van der Waals surface area contributed by atoms with Crippen LogP contribution >= 0.6 is 0 Å². The van der Waals surface area contributed by atoms with E-state index >= 15 is 4.39 Å². The van der Waals surface area contributed by atoms with E-state index in [0.717, 1.165) is 22.2 Å². The number of hydrogen-bond acceptors (Lipinski definition) is 13. The summed E-state index contributed by atoms with van der Waals surface area (Å²) in [6, 6.07) is 16.9. The number of halogens is 2. The number of carbonyl (C=O) groups excluding carboxylic acids is 2. The van der Waals surface area contributed by atoms with E-state index < -0.39 is 30.5 Å². The van der Waals surface area contributed by atoms with Gasteiger partial charge >= 0.3 is 19.1 Å². The van der Waals surface area contributed by atoms with E-state index in [1.54, 1.807) is 18.2 Å². The molecule has 1 saturated heterocycles. The van der Waals surface area contributed by atoms with Crippen LogP contribution in [0.25, 0.3) is 0 Å². The van der Waals surface area contributed by atoms with Gasteiger partial charge in [0.05, 0.1) is 51.5 Å². The number of esters is 2. The Balaban J connectivity index is 0.000000185. The van der Waals surface area contributed by atoms with Crippen molar-refractivity contribution in [2.45, 2.75) is 101 Å². The molecule has 0 amide bonds. The maximum atomic E-state index is 15.0. The number of phenolic OH excluding ortho intramolecular Hbond substituents is 1. The van der Waals surface area contributed by atoms with Gasteiger partial charge in [0, 0.05) is 51.8 Å². The van der Waals surface area contributed by atoms with Crippen molar-refractivity contribution in [1.82, 2.24) is 0 Å². The molecule has 5 aliphatic rings. The second-order valence-corrected chi connectivity index (χ2v) is 16.8. The molecule has 0 radical (unpaired) electrons. The molecule has 0 aromatic heterocycles. The monoisotopic (exact) mass is 860 g/mol. The Morgan fingerprint density at radius 1 is 0.694 bits per heavy atom. The average Bonchev–Trinajstić information content (AvgIpc) is 4.09. The molecule has 1 fully saturated rings. The number of carbonyl (C=O) groups is 2. The Hall–Kier alpha value is -5.42. The van der Waals surface area contributed by atoms with Crippen molar-refractivity contribution in [2.75, 3.05) is 27.4 Å². The SMILES string of the molecule is COC(=O)CC1COc2cc(O[C@@H]3CCc4c(B5OC(C)(C)C(C)(C)O5)ccc(F)c43)ccc21.COC(=O)CC1COc2cc(O[C@@H]3CCc4c(O)ccc(F)c43)ccc21.OO. The third-order valence-corrected chi connectivity index (χ3v) is 12.7. The molecule has 9 rings (SSSR count). The van der Waals surface area contributed by atoms with E-state index in [-0.39, 0.29) is 54.0 Å². The first-order valence-corrected chi connectivity index (χ1v) is 20.5. The molecule has 2 unspecified atom stereocenters.